The molecule has 0 radical (unpaired) electrons. The Balaban J connectivity index is 1.58. The van der Waals surface area contributed by atoms with Crippen LogP contribution in [-0.2, 0) is 25.7 Å². The van der Waals surface area contributed by atoms with Gasteiger partial charge in [0.2, 0.25) is 0 Å². The maximum Gasteiger partial charge on any atom is 0.134 e. The molecule has 4 rings (SSSR count). The summed E-state index contributed by atoms with van der Waals surface area (Å²) in [5, 5.41) is 1.82. The lowest BCUT2D eigenvalue weighted by molar-refractivity contribution is 0.539. The topological polar surface area (TPSA) is 0 Å². The number of fused-ring (bicyclic) bond motifs is 2. The molecule has 0 nitrogen and oxygen atoms in total. The zero-order valence-corrected chi connectivity index (χ0v) is 17.2. The van der Waals surface area contributed by atoms with Crippen LogP contribution in [0, 0.1) is 5.82 Å². The van der Waals surface area contributed by atoms with Crippen molar-refractivity contribution in [2.24, 2.45) is 0 Å². The van der Waals surface area contributed by atoms with Crippen molar-refractivity contribution < 1.29 is 4.39 Å². The molecular weight excluding hydrogens is 343 g/mol. The van der Waals surface area contributed by atoms with Gasteiger partial charge in [-0.3, -0.25) is 0 Å². The van der Waals surface area contributed by atoms with Gasteiger partial charge in [-0.25, -0.2) is 4.39 Å². The van der Waals surface area contributed by atoms with Crippen LogP contribution in [0.2, 0.25) is 0 Å². The van der Waals surface area contributed by atoms with E-state index < -0.39 is 0 Å². The minimum atomic E-state index is -0.00348. The average molecular weight is 375 g/mol. The molecule has 3 aromatic carbocycles. The summed E-state index contributed by atoms with van der Waals surface area (Å²) >= 11 is 0. The van der Waals surface area contributed by atoms with E-state index in [-0.39, 0.29) is 11.7 Å². The number of benzene rings is 3. The minimum absolute atomic E-state index is 0.00348. The van der Waals surface area contributed by atoms with Crippen LogP contribution in [0.1, 0.15) is 73.3 Å². The van der Waals surface area contributed by atoms with Crippen molar-refractivity contribution in [1.82, 2.24) is 0 Å². The summed E-state index contributed by atoms with van der Waals surface area (Å²) < 4.78 is 15.4. The Morgan fingerprint density at radius 3 is 2.57 bits per heavy atom. The number of hydrogen-bond donors (Lipinski definition) is 0. The fourth-order valence-corrected chi connectivity index (χ4v) is 4.70. The number of halogens is 1. The first kappa shape index (κ1) is 19.2. The van der Waals surface area contributed by atoms with Gasteiger partial charge in [0.1, 0.15) is 5.82 Å². The number of unbranched alkanes of at least 4 members (excludes halogenated alkanes) is 2. The second-order valence-electron chi connectivity index (χ2n) is 8.38. The molecule has 0 spiro atoms. The highest BCUT2D eigenvalue weighted by molar-refractivity contribution is 5.84. The minimum Gasteiger partial charge on any atom is -0.206 e. The lowest BCUT2D eigenvalue weighted by Crippen LogP contribution is -2.14. The van der Waals surface area contributed by atoms with Crippen molar-refractivity contribution in [3.8, 4) is 0 Å². The van der Waals surface area contributed by atoms with Crippen LogP contribution in [0.25, 0.3) is 10.8 Å². The molecule has 1 aliphatic rings. The third kappa shape index (κ3) is 3.85. The predicted molar refractivity (Wildman–Crippen MR) is 118 cm³/mol. The quantitative estimate of drug-likeness (QED) is 0.391. The Bertz CT molecular complexity index is 969. The fraction of sp³-hybridized carbons (Fsp3) is 0.407. The van der Waals surface area contributed by atoms with Crippen molar-refractivity contribution in [1.29, 1.82) is 0 Å². The standard InChI is InChI=1S/C27H31F/c1-3-5-6-7-20-9-14-25-23(17-20)13-15-26(27(25)28)24-12-11-21-16-19(4-2)8-10-22(21)18-24/h8-10,13-17,24H,3-7,11-12,18H2,1-2H3. The molecule has 0 heterocycles. The van der Waals surface area contributed by atoms with E-state index in [2.05, 4.69) is 50.2 Å². The van der Waals surface area contributed by atoms with Crippen molar-refractivity contribution >= 4 is 10.8 Å². The molecular formula is C27H31F. The van der Waals surface area contributed by atoms with Gasteiger partial charge in [-0.15, -0.1) is 0 Å². The van der Waals surface area contributed by atoms with Crippen molar-refractivity contribution in [2.45, 2.75) is 71.1 Å². The molecule has 1 aliphatic carbocycles. The van der Waals surface area contributed by atoms with E-state index in [0.29, 0.717) is 0 Å². The SMILES string of the molecule is CCCCCc1ccc2c(F)c(C3CCc4cc(CC)ccc4C3)ccc2c1. The normalized spacial score (nSPS) is 16.3. The Hall–Kier alpha value is -2.15. The van der Waals surface area contributed by atoms with Gasteiger partial charge in [-0.05, 0) is 77.6 Å². The van der Waals surface area contributed by atoms with E-state index in [1.165, 1.54) is 41.5 Å². The van der Waals surface area contributed by atoms with E-state index in [4.69, 9.17) is 0 Å². The first-order chi connectivity index (χ1) is 13.7. The Labute approximate surface area is 168 Å². The van der Waals surface area contributed by atoms with Crippen LogP contribution < -0.4 is 0 Å². The Morgan fingerprint density at radius 1 is 0.893 bits per heavy atom. The smallest absolute Gasteiger partial charge is 0.134 e. The van der Waals surface area contributed by atoms with Crippen LogP contribution in [0.3, 0.4) is 0 Å². The summed E-state index contributed by atoms with van der Waals surface area (Å²) in [5.74, 6) is 0.282. The summed E-state index contributed by atoms with van der Waals surface area (Å²) in [6, 6.07) is 17.3. The molecule has 0 bridgehead atoms. The summed E-state index contributed by atoms with van der Waals surface area (Å²) in [5.41, 5.74) is 6.50. The first-order valence-electron chi connectivity index (χ1n) is 11.0. The summed E-state index contributed by atoms with van der Waals surface area (Å²) in [6.45, 7) is 4.43. The predicted octanol–water partition coefficient (Wildman–Crippen LogP) is 7.55. The van der Waals surface area contributed by atoms with Crippen LogP contribution in [-0.4, -0.2) is 0 Å². The zero-order valence-electron chi connectivity index (χ0n) is 17.2. The summed E-state index contributed by atoms with van der Waals surface area (Å²) in [7, 11) is 0. The molecule has 0 amide bonds. The second kappa shape index (κ2) is 8.47. The molecule has 0 fully saturated rings. The molecule has 1 unspecified atom stereocenters. The van der Waals surface area contributed by atoms with E-state index in [1.807, 2.05) is 12.1 Å². The van der Waals surface area contributed by atoms with Crippen LogP contribution >= 0.6 is 0 Å². The largest absolute Gasteiger partial charge is 0.206 e. The molecule has 0 N–H and O–H groups in total. The fourth-order valence-electron chi connectivity index (χ4n) is 4.70. The van der Waals surface area contributed by atoms with Crippen LogP contribution in [0.4, 0.5) is 4.39 Å². The van der Waals surface area contributed by atoms with Crippen molar-refractivity contribution in [3.05, 3.63) is 82.2 Å². The number of rotatable bonds is 6. The first-order valence-corrected chi connectivity index (χ1v) is 11.0. The highest BCUT2D eigenvalue weighted by Crippen LogP contribution is 2.36. The van der Waals surface area contributed by atoms with Gasteiger partial charge in [-0.2, -0.15) is 0 Å². The lowest BCUT2D eigenvalue weighted by Gasteiger charge is -2.26. The van der Waals surface area contributed by atoms with Crippen molar-refractivity contribution in [2.75, 3.05) is 0 Å². The van der Waals surface area contributed by atoms with Crippen LogP contribution in [0.5, 0.6) is 0 Å². The highest BCUT2D eigenvalue weighted by Gasteiger charge is 2.23. The van der Waals surface area contributed by atoms with Gasteiger partial charge in [0.05, 0.1) is 0 Å². The lowest BCUT2D eigenvalue weighted by atomic mass is 9.79. The molecule has 0 aliphatic heterocycles. The van der Waals surface area contributed by atoms with Gasteiger partial charge in [0, 0.05) is 5.39 Å². The van der Waals surface area contributed by atoms with Gasteiger partial charge in [0.15, 0.2) is 0 Å². The Kier molecular flexibility index (Phi) is 5.80. The number of hydrogen-bond acceptors (Lipinski definition) is 0. The molecule has 28 heavy (non-hydrogen) atoms. The summed E-state index contributed by atoms with van der Waals surface area (Å²) in [4.78, 5) is 0. The maximum absolute atomic E-state index is 15.4. The molecule has 1 heteroatoms. The van der Waals surface area contributed by atoms with Gasteiger partial charge in [-0.1, -0.05) is 75.2 Å². The van der Waals surface area contributed by atoms with E-state index in [9.17, 15) is 0 Å². The average Bonchev–Trinajstić information content (AvgIpc) is 2.73. The molecule has 0 saturated carbocycles. The van der Waals surface area contributed by atoms with Gasteiger partial charge < -0.3 is 0 Å². The monoisotopic (exact) mass is 374 g/mol. The zero-order chi connectivity index (χ0) is 19.5. The van der Waals surface area contributed by atoms with Crippen LogP contribution in [0.15, 0.2) is 48.5 Å². The molecule has 3 aromatic rings. The summed E-state index contributed by atoms with van der Waals surface area (Å²) in [6.07, 6.45) is 8.92. The third-order valence-electron chi connectivity index (χ3n) is 6.46. The molecule has 146 valence electrons. The second-order valence-corrected chi connectivity index (χ2v) is 8.38. The Morgan fingerprint density at radius 2 is 1.75 bits per heavy atom. The van der Waals surface area contributed by atoms with E-state index >= 15 is 4.39 Å². The third-order valence-corrected chi connectivity index (χ3v) is 6.46. The highest BCUT2D eigenvalue weighted by atomic mass is 19.1. The molecule has 0 saturated heterocycles. The van der Waals surface area contributed by atoms with Crippen molar-refractivity contribution in [3.63, 3.8) is 0 Å². The number of aryl methyl sites for hydroxylation is 3. The van der Waals surface area contributed by atoms with E-state index in [1.54, 1.807) is 0 Å². The van der Waals surface area contributed by atoms with Gasteiger partial charge in [0.25, 0.3) is 0 Å². The molecule has 0 aromatic heterocycles. The maximum atomic E-state index is 15.4. The molecule has 1 atom stereocenters. The van der Waals surface area contributed by atoms with E-state index in [0.717, 1.165) is 48.4 Å². The van der Waals surface area contributed by atoms with Gasteiger partial charge >= 0.3 is 0 Å².